The lowest BCUT2D eigenvalue weighted by Crippen LogP contribution is -2.57. The standard InChI is InChI=1S/C29H32N4O3/c1-29(2,28(30)36)26(27(35)32-22-13-15-31-16-14-22)33-25(34)10-6-3-7-19-11-12-24-21(17-19)18-20-8-4-5-9-23(20)24/h4-5,8-9,11-17,26H,3,6-7,10,18H2,1-2H3,(H2,30,36)(H,33,34)(H,31,32,35)/t26-/m1/s1. The second kappa shape index (κ2) is 10.7. The summed E-state index contributed by atoms with van der Waals surface area (Å²) in [6.07, 6.45) is 6.68. The van der Waals surface area contributed by atoms with Gasteiger partial charge in [0.15, 0.2) is 0 Å². The van der Waals surface area contributed by atoms with Gasteiger partial charge in [-0.3, -0.25) is 19.4 Å². The molecule has 186 valence electrons. The third-order valence-electron chi connectivity index (χ3n) is 6.85. The molecule has 0 unspecified atom stereocenters. The van der Waals surface area contributed by atoms with Crippen molar-refractivity contribution in [3.63, 3.8) is 0 Å². The summed E-state index contributed by atoms with van der Waals surface area (Å²) in [5.74, 6) is -1.46. The minimum atomic E-state index is -1.27. The van der Waals surface area contributed by atoms with Gasteiger partial charge in [0.25, 0.3) is 0 Å². The quantitative estimate of drug-likeness (QED) is 0.295. The van der Waals surface area contributed by atoms with Crippen molar-refractivity contribution in [2.45, 2.75) is 52.0 Å². The van der Waals surface area contributed by atoms with Crippen molar-refractivity contribution < 1.29 is 14.4 Å². The first-order valence-electron chi connectivity index (χ1n) is 12.3. The fourth-order valence-electron chi connectivity index (χ4n) is 4.57. The maximum Gasteiger partial charge on any atom is 0.248 e. The Bertz CT molecular complexity index is 1270. The van der Waals surface area contributed by atoms with Gasteiger partial charge in [-0.05, 0) is 79.5 Å². The number of amides is 3. The third-order valence-corrected chi connectivity index (χ3v) is 6.85. The molecule has 0 bridgehead atoms. The zero-order valence-electron chi connectivity index (χ0n) is 20.7. The molecule has 1 atom stereocenters. The van der Waals surface area contributed by atoms with E-state index in [1.54, 1.807) is 38.4 Å². The molecule has 2 aromatic carbocycles. The van der Waals surface area contributed by atoms with Gasteiger partial charge in [0.05, 0.1) is 5.41 Å². The largest absolute Gasteiger partial charge is 0.369 e. The Morgan fingerprint density at radius 2 is 1.69 bits per heavy atom. The molecular weight excluding hydrogens is 452 g/mol. The molecule has 4 rings (SSSR count). The van der Waals surface area contributed by atoms with E-state index >= 15 is 0 Å². The Kier molecular flexibility index (Phi) is 7.48. The number of nitrogens with two attached hydrogens (primary N) is 1. The normalized spacial score (nSPS) is 12.8. The van der Waals surface area contributed by atoms with E-state index in [4.69, 9.17) is 5.73 Å². The molecule has 7 nitrogen and oxygen atoms in total. The number of carbonyl (C=O) groups is 3. The number of benzene rings is 2. The molecule has 4 N–H and O–H groups in total. The average molecular weight is 485 g/mol. The number of hydrogen-bond donors (Lipinski definition) is 3. The number of fused-ring (bicyclic) bond motifs is 3. The number of aryl methyl sites for hydroxylation is 1. The van der Waals surface area contributed by atoms with Crippen LogP contribution in [-0.4, -0.2) is 28.7 Å². The van der Waals surface area contributed by atoms with Crippen LogP contribution in [0.5, 0.6) is 0 Å². The molecule has 0 radical (unpaired) electrons. The van der Waals surface area contributed by atoms with Crippen molar-refractivity contribution in [2.24, 2.45) is 11.1 Å². The molecule has 3 amide bonds. The number of hydrogen-bond acceptors (Lipinski definition) is 4. The minimum Gasteiger partial charge on any atom is -0.369 e. The summed E-state index contributed by atoms with van der Waals surface area (Å²) >= 11 is 0. The number of anilines is 1. The summed E-state index contributed by atoms with van der Waals surface area (Å²) in [6, 6.07) is 17.3. The molecule has 1 aliphatic carbocycles. The highest BCUT2D eigenvalue weighted by molar-refractivity contribution is 6.01. The van der Waals surface area contributed by atoms with Crippen molar-refractivity contribution in [2.75, 3.05) is 5.32 Å². The molecule has 3 aromatic rings. The molecule has 1 aromatic heterocycles. The summed E-state index contributed by atoms with van der Waals surface area (Å²) in [5.41, 5.74) is 11.4. The molecule has 36 heavy (non-hydrogen) atoms. The summed E-state index contributed by atoms with van der Waals surface area (Å²) in [6.45, 7) is 3.11. The molecular formula is C29H32N4O3. The number of nitrogens with one attached hydrogen (secondary N) is 2. The summed E-state index contributed by atoms with van der Waals surface area (Å²) < 4.78 is 0. The van der Waals surface area contributed by atoms with Crippen molar-refractivity contribution >= 4 is 23.4 Å². The monoisotopic (exact) mass is 484 g/mol. The van der Waals surface area contributed by atoms with Gasteiger partial charge in [0, 0.05) is 24.5 Å². The van der Waals surface area contributed by atoms with E-state index in [0.29, 0.717) is 12.1 Å². The van der Waals surface area contributed by atoms with Crippen LogP contribution in [0.4, 0.5) is 5.69 Å². The Balaban J connectivity index is 1.30. The molecule has 0 fully saturated rings. The van der Waals surface area contributed by atoms with Crippen LogP contribution in [0.2, 0.25) is 0 Å². The van der Waals surface area contributed by atoms with Gasteiger partial charge in [0.1, 0.15) is 6.04 Å². The first kappa shape index (κ1) is 25.1. The second-order valence-corrected chi connectivity index (χ2v) is 9.84. The van der Waals surface area contributed by atoms with Gasteiger partial charge in [0.2, 0.25) is 17.7 Å². The lowest BCUT2D eigenvalue weighted by molar-refractivity contribution is -0.136. The van der Waals surface area contributed by atoms with Gasteiger partial charge in [-0.2, -0.15) is 0 Å². The SMILES string of the molecule is CC(C)(C(N)=O)[C@H](NC(=O)CCCCc1ccc2c(c1)Cc1ccccc1-2)C(=O)Nc1ccncc1. The Labute approximate surface area is 211 Å². The van der Waals surface area contributed by atoms with Gasteiger partial charge in [-0.15, -0.1) is 0 Å². The van der Waals surface area contributed by atoms with Gasteiger partial charge < -0.3 is 16.4 Å². The van der Waals surface area contributed by atoms with E-state index in [9.17, 15) is 14.4 Å². The number of aromatic nitrogens is 1. The zero-order chi connectivity index (χ0) is 25.7. The van der Waals surface area contributed by atoms with E-state index in [-0.39, 0.29) is 12.3 Å². The van der Waals surface area contributed by atoms with E-state index in [1.165, 1.54) is 27.8 Å². The topological polar surface area (TPSA) is 114 Å². The van der Waals surface area contributed by atoms with Crippen molar-refractivity contribution in [3.05, 3.63) is 83.7 Å². The molecule has 0 aliphatic heterocycles. The Morgan fingerprint density at radius 3 is 2.44 bits per heavy atom. The lowest BCUT2D eigenvalue weighted by atomic mass is 9.82. The molecule has 0 saturated heterocycles. The minimum absolute atomic E-state index is 0.254. The fourth-order valence-corrected chi connectivity index (χ4v) is 4.57. The number of carbonyl (C=O) groups excluding carboxylic acids is 3. The predicted molar refractivity (Wildman–Crippen MR) is 140 cm³/mol. The number of primary amides is 1. The van der Waals surface area contributed by atoms with Crippen molar-refractivity contribution in [1.29, 1.82) is 0 Å². The Hall–Kier alpha value is -4.00. The maximum atomic E-state index is 12.9. The summed E-state index contributed by atoms with van der Waals surface area (Å²) in [7, 11) is 0. The zero-order valence-corrected chi connectivity index (χ0v) is 20.7. The summed E-state index contributed by atoms with van der Waals surface area (Å²) in [5, 5.41) is 5.46. The van der Waals surface area contributed by atoms with Gasteiger partial charge in [-0.25, -0.2) is 0 Å². The lowest BCUT2D eigenvalue weighted by Gasteiger charge is -2.31. The van der Waals surface area contributed by atoms with Crippen LogP contribution in [0.25, 0.3) is 11.1 Å². The highest BCUT2D eigenvalue weighted by atomic mass is 16.2. The summed E-state index contributed by atoms with van der Waals surface area (Å²) in [4.78, 5) is 41.6. The molecule has 0 saturated carbocycles. The van der Waals surface area contributed by atoms with Crippen LogP contribution in [-0.2, 0) is 27.2 Å². The predicted octanol–water partition coefficient (Wildman–Crippen LogP) is 4.00. The highest BCUT2D eigenvalue weighted by Gasteiger charge is 2.41. The first-order valence-corrected chi connectivity index (χ1v) is 12.3. The van der Waals surface area contributed by atoms with Crippen molar-refractivity contribution in [3.8, 4) is 11.1 Å². The van der Waals surface area contributed by atoms with E-state index in [0.717, 1.165) is 19.3 Å². The fraction of sp³-hybridized carbons (Fsp3) is 0.310. The molecule has 7 heteroatoms. The van der Waals surface area contributed by atoms with Gasteiger partial charge in [-0.1, -0.05) is 42.5 Å². The van der Waals surface area contributed by atoms with Crippen LogP contribution in [0.3, 0.4) is 0 Å². The number of pyridine rings is 1. The average Bonchev–Trinajstić information content (AvgIpc) is 3.23. The van der Waals surface area contributed by atoms with Crippen LogP contribution in [0.15, 0.2) is 67.0 Å². The number of unbranched alkanes of at least 4 members (excludes halogenated alkanes) is 1. The molecule has 0 spiro atoms. The molecule has 1 heterocycles. The van der Waals surface area contributed by atoms with Crippen molar-refractivity contribution in [1.82, 2.24) is 10.3 Å². The van der Waals surface area contributed by atoms with Crippen LogP contribution in [0.1, 0.15) is 49.8 Å². The van der Waals surface area contributed by atoms with Crippen LogP contribution < -0.4 is 16.4 Å². The second-order valence-electron chi connectivity index (χ2n) is 9.84. The van der Waals surface area contributed by atoms with Gasteiger partial charge >= 0.3 is 0 Å². The smallest absolute Gasteiger partial charge is 0.248 e. The first-order chi connectivity index (χ1) is 17.3. The highest BCUT2D eigenvalue weighted by Crippen LogP contribution is 2.36. The van der Waals surface area contributed by atoms with E-state index in [1.807, 2.05) is 0 Å². The van der Waals surface area contributed by atoms with E-state index < -0.39 is 23.3 Å². The van der Waals surface area contributed by atoms with E-state index in [2.05, 4.69) is 58.1 Å². The number of rotatable bonds is 10. The third kappa shape index (κ3) is 5.62. The Morgan fingerprint density at radius 1 is 0.972 bits per heavy atom. The van der Waals surface area contributed by atoms with Crippen LogP contribution >= 0.6 is 0 Å². The molecule has 1 aliphatic rings. The van der Waals surface area contributed by atoms with Crippen LogP contribution in [0, 0.1) is 5.41 Å². The number of nitrogens with zero attached hydrogens (tertiary/aromatic N) is 1. The maximum absolute atomic E-state index is 12.9.